The number of amides is 1. The first-order valence-electron chi connectivity index (χ1n) is 6.59. The molecule has 1 amide bonds. The van der Waals surface area contributed by atoms with Gasteiger partial charge in [0.2, 0.25) is 0 Å². The molecule has 0 fully saturated rings. The monoisotopic (exact) mass is 302 g/mol. The number of nitrogens with zero attached hydrogens (tertiary/aromatic N) is 1. The average Bonchev–Trinajstić information content (AvgIpc) is 2.75. The van der Waals surface area contributed by atoms with E-state index in [1.807, 2.05) is 6.92 Å². The molecule has 1 heterocycles. The average molecular weight is 302 g/mol. The largest absolute Gasteiger partial charge is 0.464 e. The van der Waals surface area contributed by atoms with Crippen LogP contribution in [-0.4, -0.2) is 47.2 Å². The molecule has 7 heteroatoms. The molecule has 0 aromatic carbocycles. The van der Waals surface area contributed by atoms with Crippen molar-refractivity contribution in [2.75, 3.05) is 12.4 Å². The van der Waals surface area contributed by atoms with Gasteiger partial charge in [-0.1, -0.05) is 0 Å². The molecule has 20 heavy (non-hydrogen) atoms. The molecule has 2 unspecified atom stereocenters. The van der Waals surface area contributed by atoms with E-state index < -0.39 is 17.7 Å². The minimum absolute atomic E-state index is 0.283. The third kappa shape index (κ3) is 5.40. The van der Waals surface area contributed by atoms with Crippen molar-refractivity contribution in [3.63, 3.8) is 0 Å². The van der Waals surface area contributed by atoms with Gasteiger partial charge in [-0.05, 0) is 34.6 Å². The summed E-state index contributed by atoms with van der Waals surface area (Å²) in [6.07, 6.45) is -0.493. The molecular weight excluding hydrogens is 280 g/mol. The molecule has 1 N–H and O–H groups in total. The standard InChI is InChI=1S/C13H22N2O4S/c1-6-18-11(16)9-7-20-10(15-9)8(2)14-12(17)19-13(3,4)5/h8-9H,6-7H2,1-5H3,(H,14,17). The molecule has 0 aromatic rings. The number of aliphatic imine (C=N–C) groups is 1. The predicted molar refractivity (Wildman–Crippen MR) is 79.1 cm³/mol. The van der Waals surface area contributed by atoms with E-state index in [-0.39, 0.29) is 12.0 Å². The lowest BCUT2D eigenvalue weighted by molar-refractivity contribution is -0.143. The second-order valence-corrected chi connectivity index (χ2v) is 6.45. The van der Waals surface area contributed by atoms with Gasteiger partial charge in [-0.15, -0.1) is 11.8 Å². The summed E-state index contributed by atoms with van der Waals surface area (Å²) in [6.45, 7) is 9.32. The Bertz CT molecular complexity index is 404. The first kappa shape index (κ1) is 16.8. The number of esters is 1. The second-order valence-electron chi connectivity index (χ2n) is 5.41. The number of alkyl carbamates (subject to hydrolysis) is 1. The molecule has 0 aliphatic carbocycles. The summed E-state index contributed by atoms with van der Waals surface area (Å²) in [5.41, 5.74) is -0.540. The smallest absolute Gasteiger partial charge is 0.408 e. The molecule has 1 aliphatic rings. The highest BCUT2D eigenvalue weighted by Crippen LogP contribution is 2.21. The van der Waals surface area contributed by atoms with Gasteiger partial charge in [0.15, 0.2) is 6.04 Å². The Kier molecular flexibility index (Phi) is 5.86. The van der Waals surface area contributed by atoms with Crippen molar-refractivity contribution in [2.24, 2.45) is 4.99 Å². The van der Waals surface area contributed by atoms with E-state index in [0.29, 0.717) is 17.4 Å². The quantitative estimate of drug-likeness (QED) is 0.803. The van der Waals surface area contributed by atoms with Crippen LogP contribution in [0.3, 0.4) is 0 Å². The normalized spacial score (nSPS) is 20.1. The Balaban J connectivity index is 2.52. The van der Waals surface area contributed by atoms with Gasteiger partial charge in [-0.2, -0.15) is 0 Å². The summed E-state index contributed by atoms with van der Waals surface area (Å²) < 4.78 is 10.1. The number of thioether (sulfide) groups is 1. The van der Waals surface area contributed by atoms with Crippen LogP contribution in [0.25, 0.3) is 0 Å². The van der Waals surface area contributed by atoms with Gasteiger partial charge in [-0.25, -0.2) is 9.59 Å². The van der Waals surface area contributed by atoms with Crippen molar-refractivity contribution in [1.29, 1.82) is 0 Å². The summed E-state index contributed by atoms with van der Waals surface area (Å²) in [5.74, 6) is 0.230. The lowest BCUT2D eigenvalue weighted by atomic mass is 10.2. The summed E-state index contributed by atoms with van der Waals surface area (Å²) in [4.78, 5) is 27.5. The number of nitrogens with one attached hydrogen (secondary N) is 1. The molecule has 0 saturated carbocycles. The number of carbonyl (C=O) groups excluding carboxylic acids is 2. The van der Waals surface area contributed by atoms with Gasteiger partial charge >= 0.3 is 12.1 Å². The molecule has 0 bridgehead atoms. The lowest BCUT2D eigenvalue weighted by Gasteiger charge is -2.21. The van der Waals surface area contributed by atoms with Crippen molar-refractivity contribution in [3.05, 3.63) is 0 Å². The molecule has 1 rings (SSSR count). The van der Waals surface area contributed by atoms with Crippen LogP contribution >= 0.6 is 11.8 Å². The number of ether oxygens (including phenoxy) is 2. The number of rotatable bonds is 4. The minimum atomic E-state index is -0.540. The van der Waals surface area contributed by atoms with Gasteiger partial charge in [0.1, 0.15) is 5.60 Å². The van der Waals surface area contributed by atoms with E-state index in [2.05, 4.69) is 10.3 Å². The minimum Gasteiger partial charge on any atom is -0.464 e. The Morgan fingerprint density at radius 3 is 2.70 bits per heavy atom. The summed E-state index contributed by atoms with van der Waals surface area (Å²) in [5, 5.41) is 3.42. The lowest BCUT2D eigenvalue weighted by Crippen LogP contribution is -2.40. The van der Waals surface area contributed by atoms with Gasteiger partial charge in [0.25, 0.3) is 0 Å². The van der Waals surface area contributed by atoms with Gasteiger partial charge in [0.05, 0.1) is 17.7 Å². The van der Waals surface area contributed by atoms with Crippen molar-refractivity contribution in [3.8, 4) is 0 Å². The Morgan fingerprint density at radius 2 is 2.15 bits per heavy atom. The van der Waals surface area contributed by atoms with Gasteiger partial charge < -0.3 is 14.8 Å². The maximum atomic E-state index is 11.7. The van der Waals surface area contributed by atoms with E-state index in [0.717, 1.165) is 0 Å². The van der Waals surface area contributed by atoms with Crippen LogP contribution in [0.1, 0.15) is 34.6 Å². The maximum absolute atomic E-state index is 11.7. The number of hydrogen-bond donors (Lipinski definition) is 1. The van der Waals surface area contributed by atoms with E-state index in [1.54, 1.807) is 27.7 Å². The fourth-order valence-corrected chi connectivity index (χ4v) is 2.58. The second kappa shape index (κ2) is 6.97. The maximum Gasteiger partial charge on any atom is 0.408 e. The Labute approximate surface area is 123 Å². The SMILES string of the molecule is CCOC(=O)C1CSC(C(C)NC(=O)OC(C)(C)C)=N1. The Hall–Kier alpha value is -1.24. The Morgan fingerprint density at radius 1 is 1.50 bits per heavy atom. The zero-order valence-corrected chi connectivity index (χ0v) is 13.4. The van der Waals surface area contributed by atoms with Crippen molar-refractivity contribution >= 4 is 28.9 Å². The van der Waals surface area contributed by atoms with Crippen molar-refractivity contribution < 1.29 is 19.1 Å². The van der Waals surface area contributed by atoms with Gasteiger partial charge in [-0.3, -0.25) is 4.99 Å². The third-order valence-electron chi connectivity index (χ3n) is 2.33. The highest BCUT2D eigenvalue weighted by molar-refractivity contribution is 8.14. The molecular formula is C13H22N2O4S. The highest BCUT2D eigenvalue weighted by atomic mass is 32.2. The zero-order chi connectivity index (χ0) is 15.3. The van der Waals surface area contributed by atoms with Crippen LogP contribution in [0.15, 0.2) is 4.99 Å². The van der Waals surface area contributed by atoms with Crippen LogP contribution in [-0.2, 0) is 14.3 Å². The fourth-order valence-electron chi connectivity index (χ4n) is 1.53. The fraction of sp³-hybridized carbons (Fsp3) is 0.769. The molecule has 0 aromatic heterocycles. The third-order valence-corrected chi connectivity index (χ3v) is 3.57. The first-order chi connectivity index (χ1) is 9.23. The summed E-state index contributed by atoms with van der Waals surface area (Å²) in [6, 6.07) is -0.757. The molecule has 6 nitrogen and oxygen atoms in total. The van der Waals surface area contributed by atoms with E-state index in [1.165, 1.54) is 11.8 Å². The molecule has 2 atom stereocenters. The van der Waals surface area contributed by atoms with Crippen LogP contribution in [0.4, 0.5) is 4.79 Å². The molecule has 114 valence electrons. The van der Waals surface area contributed by atoms with Crippen molar-refractivity contribution in [2.45, 2.75) is 52.3 Å². The summed E-state index contributed by atoms with van der Waals surface area (Å²) >= 11 is 1.45. The zero-order valence-electron chi connectivity index (χ0n) is 12.6. The van der Waals surface area contributed by atoms with Crippen molar-refractivity contribution in [1.82, 2.24) is 5.32 Å². The van der Waals surface area contributed by atoms with E-state index >= 15 is 0 Å². The molecule has 0 saturated heterocycles. The van der Waals surface area contributed by atoms with E-state index in [4.69, 9.17) is 9.47 Å². The molecule has 0 radical (unpaired) electrons. The molecule has 0 spiro atoms. The van der Waals surface area contributed by atoms with Crippen LogP contribution in [0, 0.1) is 0 Å². The number of carbonyl (C=O) groups is 2. The van der Waals surface area contributed by atoms with Crippen LogP contribution in [0.2, 0.25) is 0 Å². The molecule has 1 aliphatic heterocycles. The predicted octanol–water partition coefficient (Wildman–Crippen LogP) is 1.98. The van der Waals surface area contributed by atoms with E-state index in [9.17, 15) is 9.59 Å². The number of hydrogen-bond acceptors (Lipinski definition) is 6. The summed E-state index contributed by atoms with van der Waals surface area (Å²) in [7, 11) is 0. The van der Waals surface area contributed by atoms with Gasteiger partial charge in [0, 0.05) is 5.75 Å². The first-order valence-corrected chi connectivity index (χ1v) is 7.58. The van der Waals surface area contributed by atoms with Crippen LogP contribution in [0.5, 0.6) is 0 Å². The topological polar surface area (TPSA) is 77.0 Å². The van der Waals surface area contributed by atoms with Crippen LogP contribution < -0.4 is 5.32 Å². The highest BCUT2D eigenvalue weighted by Gasteiger charge is 2.29.